The average molecular weight is 577 g/mol. The molecule has 0 bridgehead atoms. The van der Waals surface area contributed by atoms with Gasteiger partial charge < -0.3 is 15.2 Å². The Morgan fingerprint density at radius 2 is 1.81 bits per heavy atom. The lowest BCUT2D eigenvalue weighted by atomic mass is 9.95. The van der Waals surface area contributed by atoms with Gasteiger partial charge in [-0.2, -0.15) is 0 Å². The topological polar surface area (TPSA) is 113 Å². The monoisotopic (exact) mass is 576 g/mol. The molecule has 9 nitrogen and oxygen atoms in total. The van der Waals surface area contributed by atoms with E-state index in [1.807, 2.05) is 18.2 Å². The number of H-pyrrole nitrogens is 1. The highest BCUT2D eigenvalue weighted by Gasteiger charge is 2.17. The number of nitrogens with one attached hydrogen (secondary N) is 3. The summed E-state index contributed by atoms with van der Waals surface area (Å²) < 4.78 is 2.34. The number of hydrogen-bond donors (Lipinski definition) is 3. The normalized spacial score (nSPS) is 13.8. The van der Waals surface area contributed by atoms with E-state index in [0.29, 0.717) is 24.8 Å². The van der Waals surface area contributed by atoms with Crippen molar-refractivity contribution in [3.05, 3.63) is 77.6 Å². The molecule has 1 amide bonds. The van der Waals surface area contributed by atoms with Crippen LogP contribution in [0.5, 0.6) is 0 Å². The third-order valence-electron chi connectivity index (χ3n) is 8.38. The van der Waals surface area contributed by atoms with E-state index in [4.69, 9.17) is 4.98 Å². The molecule has 1 fully saturated rings. The van der Waals surface area contributed by atoms with Gasteiger partial charge in [-0.15, -0.1) is 5.10 Å². The Hall–Kier alpha value is -4.53. The number of aromatic amines is 1. The van der Waals surface area contributed by atoms with Gasteiger partial charge in [0.15, 0.2) is 5.82 Å². The molecule has 0 atom stereocenters. The van der Waals surface area contributed by atoms with Crippen molar-refractivity contribution < 1.29 is 4.79 Å². The lowest BCUT2D eigenvalue weighted by Crippen LogP contribution is -2.36. The van der Waals surface area contributed by atoms with Gasteiger partial charge in [0.2, 0.25) is 5.91 Å². The fourth-order valence-electron chi connectivity index (χ4n) is 6.19. The first-order valence-corrected chi connectivity index (χ1v) is 15.5. The van der Waals surface area contributed by atoms with Crippen molar-refractivity contribution in [3.8, 4) is 22.5 Å². The van der Waals surface area contributed by atoms with E-state index in [2.05, 4.69) is 92.1 Å². The summed E-state index contributed by atoms with van der Waals surface area (Å²) in [4.78, 5) is 17.6. The summed E-state index contributed by atoms with van der Waals surface area (Å²) in [6, 6.07) is 21.5. The van der Waals surface area contributed by atoms with Gasteiger partial charge in [0, 0.05) is 43.2 Å². The zero-order chi connectivity index (χ0) is 29.6. The number of aromatic nitrogens is 6. The fraction of sp³-hybridized carbons (Fsp3) is 0.382. The minimum Gasteiger partial charge on any atom is -0.384 e. The summed E-state index contributed by atoms with van der Waals surface area (Å²) in [5.41, 5.74) is 8.66. The fourth-order valence-corrected chi connectivity index (χ4v) is 6.19. The Morgan fingerprint density at radius 1 is 1.02 bits per heavy atom. The van der Waals surface area contributed by atoms with Crippen LogP contribution in [0.4, 0.5) is 5.69 Å². The van der Waals surface area contributed by atoms with Gasteiger partial charge in [0.05, 0.1) is 11.0 Å². The molecular weight excluding hydrogens is 536 g/mol. The van der Waals surface area contributed by atoms with Crippen molar-refractivity contribution in [3.63, 3.8) is 0 Å². The summed E-state index contributed by atoms with van der Waals surface area (Å²) >= 11 is 0. The van der Waals surface area contributed by atoms with Crippen LogP contribution in [0.15, 0.2) is 60.7 Å². The number of hydrogen-bond acceptors (Lipinski definition) is 6. The number of aryl methyl sites for hydroxylation is 2. The first-order valence-electron chi connectivity index (χ1n) is 15.5. The Bertz CT molecular complexity index is 1670. The van der Waals surface area contributed by atoms with Crippen LogP contribution in [0.2, 0.25) is 0 Å². The Labute approximate surface area is 252 Å². The molecule has 0 saturated heterocycles. The van der Waals surface area contributed by atoms with Gasteiger partial charge in [-0.1, -0.05) is 74.7 Å². The Balaban J connectivity index is 1.20. The number of fused-ring (bicyclic) bond motifs is 1. The summed E-state index contributed by atoms with van der Waals surface area (Å²) in [6.07, 6.45) is 8.34. The predicted molar refractivity (Wildman–Crippen MR) is 171 cm³/mol. The SMILES string of the molecule is CCCc1nc2c(C)cc(NCCC(=O)NC3CCCCC3)cc2n1Cc1ccc(-c2ccccc2-c2nnn[nH]2)cc1. The second-order valence-corrected chi connectivity index (χ2v) is 11.6. The Morgan fingerprint density at radius 3 is 2.56 bits per heavy atom. The summed E-state index contributed by atoms with van der Waals surface area (Å²) in [5.74, 6) is 1.88. The van der Waals surface area contributed by atoms with E-state index in [1.54, 1.807) is 0 Å². The van der Waals surface area contributed by atoms with Gasteiger partial charge in [-0.05, 0) is 71.0 Å². The van der Waals surface area contributed by atoms with E-state index in [-0.39, 0.29) is 5.91 Å². The molecule has 0 spiro atoms. The maximum Gasteiger partial charge on any atom is 0.221 e. The van der Waals surface area contributed by atoms with E-state index >= 15 is 0 Å². The second-order valence-electron chi connectivity index (χ2n) is 11.6. The molecular formula is C34H40N8O. The first kappa shape index (κ1) is 28.6. The van der Waals surface area contributed by atoms with Crippen LogP contribution in [-0.4, -0.2) is 48.7 Å². The molecule has 1 saturated carbocycles. The van der Waals surface area contributed by atoms with E-state index in [9.17, 15) is 4.79 Å². The lowest BCUT2D eigenvalue weighted by Gasteiger charge is -2.22. The molecule has 0 radical (unpaired) electrons. The third kappa shape index (κ3) is 6.61. The first-order chi connectivity index (χ1) is 21.1. The molecule has 43 heavy (non-hydrogen) atoms. The minimum absolute atomic E-state index is 0.135. The van der Waals surface area contributed by atoms with Gasteiger partial charge >= 0.3 is 0 Å². The molecule has 5 aromatic rings. The number of amides is 1. The molecule has 1 aliphatic rings. The number of tetrazole rings is 1. The van der Waals surface area contributed by atoms with E-state index < -0.39 is 0 Å². The van der Waals surface area contributed by atoms with Crippen LogP contribution in [0.3, 0.4) is 0 Å². The molecule has 222 valence electrons. The number of benzene rings is 3. The molecule has 6 rings (SSSR count). The molecule has 1 aliphatic carbocycles. The van der Waals surface area contributed by atoms with Crippen LogP contribution in [0.1, 0.15) is 68.8 Å². The summed E-state index contributed by atoms with van der Waals surface area (Å²) in [5, 5.41) is 21.2. The zero-order valence-electron chi connectivity index (χ0n) is 25.1. The van der Waals surface area contributed by atoms with Crippen LogP contribution in [0.25, 0.3) is 33.5 Å². The van der Waals surface area contributed by atoms with Crippen molar-refractivity contribution >= 4 is 22.6 Å². The minimum atomic E-state index is 0.135. The second kappa shape index (κ2) is 13.2. The highest BCUT2D eigenvalue weighted by molar-refractivity contribution is 5.84. The van der Waals surface area contributed by atoms with E-state index in [1.165, 1.54) is 24.8 Å². The van der Waals surface area contributed by atoms with Crippen molar-refractivity contribution in [1.29, 1.82) is 0 Å². The molecule has 2 heterocycles. The van der Waals surface area contributed by atoms with Crippen molar-refractivity contribution in [2.24, 2.45) is 0 Å². The molecule has 0 aliphatic heterocycles. The predicted octanol–water partition coefficient (Wildman–Crippen LogP) is 6.44. The summed E-state index contributed by atoms with van der Waals surface area (Å²) in [6.45, 7) is 5.64. The zero-order valence-corrected chi connectivity index (χ0v) is 25.1. The average Bonchev–Trinajstić information content (AvgIpc) is 3.68. The standard InChI is InChI=1S/C34H40N8O/c1-3-9-31-37-33-23(2)20-27(35-19-18-32(43)36-26-10-5-4-6-11-26)21-30(33)42(31)22-24-14-16-25(17-15-24)28-12-7-8-13-29(28)34-38-40-41-39-34/h7-8,12-17,20-21,26,35H,3-6,9-11,18-19,22H2,1-2H3,(H,36,43)(H,38,39,40,41). The smallest absolute Gasteiger partial charge is 0.221 e. The van der Waals surface area contributed by atoms with Crippen LogP contribution >= 0.6 is 0 Å². The van der Waals surface area contributed by atoms with Crippen molar-refractivity contribution in [2.75, 3.05) is 11.9 Å². The number of anilines is 1. The van der Waals surface area contributed by atoms with Gasteiger partial charge in [0.1, 0.15) is 5.82 Å². The number of carbonyl (C=O) groups excluding carboxylic acids is 1. The number of carbonyl (C=O) groups is 1. The highest BCUT2D eigenvalue weighted by Crippen LogP contribution is 2.31. The maximum atomic E-state index is 12.5. The van der Waals surface area contributed by atoms with Crippen molar-refractivity contribution in [2.45, 2.75) is 77.8 Å². The van der Waals surface area contributed by atoms with Gasteiger partial charge in [-0.3, -0.25) is 4.79 Å². The van der Waals surface area contributed by atoms with Gasteiger partial charge in [-0.25, -0.2) is 10.1 Å². The van der Waals surface area contributed by atoms with Crippen LogP contribution in [-0.2, 0) is 17.8 Å². The van der Waals surface area contributed by atoms with E-state index in [0.717, 1.165) is 77.0 Å². The molecule has 3 aromatic carbocycles. The molecule has 3 N–H and O–H groups in total. The summed E-state index contributed by atoms with van der Waals surface area (Å²) in [7, 11) is 0. The number of rotatable bonds is 11. The number of imidazole rings is 1. The largest absolute Gasteiger partial charge is 0.384 e. The van der Waals surface area contributed by atoms with Crippen LogP contribution in [0, 0.1) is 6.92 Å². The quantitative estimate of drug-likeness (QED) is 0.167. The van der Waals surface area contributed by atoms with Gasteiger partial charge in [0.25, 0.3) is 0 Å². The molecule has 0 unspecified atom stereocenters. The molecule has 9 heteroatoms. The number of nitrogens with zero attached hydrogens (tertiary/aromatic N) is 5. The molecule has 2 aromatic heterocycles. The van der Waals surface area contributed by atoms with Crippen molar-refractivity contribution in [1.82, 2.24) is 35.5 Å². The highest BCUT2D eigenvalue weighted by atomic mass is 16.1. The lowest BCUT2D eigenvalue weighted by molar-refractivity contribution is -0.121. The third-order valence-corrected chi connectivity index (χ3v) is 8.38. The Kier molecular flexibility index (Phi) is 8.77. The maximum absolute atomic E-state index is 12.5. The van der Waals surface area contributed by atoms with Crippen LogP contribution < -0.4 is 10.6 Å².